The number of rotatable bonds is 4. The Morgan fingerprint density at radius 1 is 1.14 bits per heavy atom. The highest BCUT2D eigenvalue weighted by Crippen LogP contribution is 2.30. The number of nitrogens with zero attached hydrogens (tertiary/aromatic N) is 3. The van der Waals surface area contributed by atoms with Gasteiger partial charge in [-0.3, -0.25) is 14.7 Å². The Labute approximate surface area is 203 Å². The van der Waals surface area contributed by atoms with Gasteiger partial charge in [-0.15, -0.1) is 0 Å². The predicted octanol–water partition coefficient (Wildman–Crippen LogP) is 2.75. The molecule has 3 heterocycles. The smallest absolute Gasteiger partial charge is 0.408 e. The van der Waals surface area contributed by atoms with Gasteiger partial charge in [-0.2, -0.15) is 5.10 Å². The Bertz CT molecular complexity index is 1230. The summed E-state index contributed by atoms with van der Waals surface area (Å²) >= 11 is 0. The van der Waals surface area contributed by atoms with Gasteiger partial charge in [0.25, 0.3) is 0 Å². The number of amides is 3. The van der Waals surface area contributed by atoms with E-state index in [0.717, 1.165) is 27.6 Å². The van der Waals surface area contributed by atoms with Gasteiger partial charge in [0.05, 0.1) is 11.7 Å². The molecule has 2 aliphatic heterocycles. The van der Waals surface area contributed by atoms with E-state index in [0.29, 0.717) is 38.9 Å². The number of ether oxygens (including phenoxy) is 1. The minimum absolute atomic E-state index is 0.0177. The summed E-state index contributed by atoms with van der Waals surface area (Å²) in [5, 5.41) is 11.0. The van der Waals surface area contributed by atoms with Crippen LogP contribution < -0.4 is 5.32 Å². The molecule has 182 valence electrons. The second-order valence-electron chi connectivity index (χ2n) is 9.20. The Kier molecular flexibility index (Phi) is 6.39. The summed E-state index contributed by atoms with van der Waals surface area (Å²) in [6, 6.07) is 12.6. The quantitative estimate of drug-likeness (QED) is 0.603. The van der Waals surface area contributed by atoms with E-state index >= 15 is 0 Å². The molecule has 5 rings (SSSR count). The highest BCUT2D eigenvalue weighted by atomic mass is 16.5. The molecule has 2 aliphatic rings. The lowest BCUT2D eigenvalue weighted by atomic mass is 9.98. The fourth-order valence-corrected chi connectivity index (χ4v) is 5.08. The maximum absolute atomic E-state index is 13.8. The number of H-pyrrole nitrogens is 1. The Hall–Kier alpha value is -3.88. The fraction of sp³-hybridized carbons (Fsp3) is 0.385. The Morgan fingerprint density at radius 2 is 1.91 bits per heavy atom. The molecule has 0 saturated carbocycles. The summed E-state index contributed by atoms with van der Waals surface area (Å²) in [7, 11) is 0. The van der Waals surface area contributed by atoms with Crippen molar-refractivity contribution in [1.29, 1.82) is 0 Å². The number of fused-ring (bicyclic) bond motifs is 3. The summed E-state index contributed by atoms with van der Waals surface area (Å²) in [5.74, 6) is -0.0763. The van der Waals surface area contributed by atoms with Crippen LogP contribution in [0.25, 0.3) is 10.9 Å². The van der Waals surface area contributed by atoms with Gasteiger partial charge < -0.3 is 19.9 Å². The van der Waals surface area contributed by atoms with E-state index in [1.54, 1.807) is 13.1 Å². The van der Waals surface area contributed by atoms with Crippen LogP contribution in [0.2, 0.25) is 0 Å². The van der Waals surface area contributed by atoms with Crippen molar-refractivity contribution in [2.24, 2.45) is 0 Å². The van der Waals surface area contributed by atoms with Gasteiger partial charge >= 0.3 is 6.09 Å². The van der Waals surface area contributed by atoms with Crippen molar-refractivity contribution >= 4 is 28.8 Å². The number of carbonyl (C=O) groups excluding carboxylic acids is 3. The average molecular weight is 476 g/mol. The molecule has 0 aliphatic carbocycles. The second kappa shape index (κ2) is 9.77. The number of hydrogen-bond donors (Lipinski definition) is 2. The van der Waals surface area contributed by atoms with Crippen LogP contribution in [0.4, 0.5) is 4.79 Å². The van der Waals surface area contributed by atoms with Crippen LogP contribution >= 0.6 is 0 Å². The summed E-state index contributed by atoms with van der Waals surface area (Å²) in [6.45, 7) is 3.37. The number of aromatic amines is 1. The molecule has 0 unspecified atom stereocenters. The van der Waals surface area contributed by atoms with E-state index in [1.165, 1.54) is 0 Å². The van der Waals surface area contributed by atoms with Crippen molar-refractivity contribution in [3.8, 4) is 0 Å². The van der Waals surface area contributed by atoms with Crippen LogP contribution in [-0.4, -0.2) is 63.1 Å². The summed E-state index contributed by atoms with van der Waals surface area (Å²) < 4.78 is 5.41. The average Bonchev–Trinajstić information content (AvgIpc) is 3.31. The van der Waals surface area contributed by atoms with Crippen molar-refractivity contribution in [2.75, 3.05) is 13.1 Å². The first-order valence-electron chi connectivity index (χ1n) is 12.0. The molecule has 9 heteroatoms. The molecule has 0 spiro atoms. The molecule has 1 aromatic heterocycles. The molecule has 1 saturated heterocycles. The number of likely N-dealkylation sites (tertiary alicyclic amines) is 1. The van der Waals surface area contributed by atoms with E-state index in [1.807, 2.05) is 52.3 Å². The zero-order valence-electron chi connectivity index (χ0n) is 19.7. The number of nitrogens with one attached hydrogen (secondary N) is 2. The third kappa shape index (κ3) is 4.84. The molecule has 9 nitrogen and oxygen atoms in total. The van der Waals surface area contributed by atoms with E-state index in [-0.39, 0.29) is 24.5 Å². The normalized spacial score (nSPS) is 18.8. The minimum Gasteiger partial charge on any atom is -0.445 e. The Morgan fingerprint density at radius 3 is 2.66 bits per heavy atom. The molecule has 3 aromatic rings. The lowest BCUT2D eigenvalue weighted by molar-refractivity contribution is -0.138. The molecule has 3 amide bonds. The van der Waals surface area contributed by atoms with E-state index in [9.17, 15) is 14.4 Å². The van der Waals surface area contributed by atoms with Gasteiger partial charge in [0.15, 0.2) is 0 Å². The van der Waals surface area contributed by atoms with Crippen LogP contribution in [-0.2, 0) is 33.9 Å². The fourth-order valence-electron chi connectivity index (χ4n) is 5.08. The summed E-state index contributed by atoms with van der Waals surface area (Å²) in [4.78, 5) is 41.9. The van der Waals surface area contributed by atoms with Crippen LogP contribution in [0.5, 0.6) is 0 Å². The number of carbonyl (C=O) groups is 3. The zero-order chi connectivity index (χ0) is 24.4. The van der Waals surface area contributed by atoms with Crippen LogP contribution in [0.1, 0.15) is 36.5 Å². The van der Waals surface area contributed by atoms with Gasteiger partial charge in [0, 0.05) is 44.4 Å². The van der Waals surface area contributed by atoms with Gasteiger partial charge in [-0.1, -0.05) is 36.4 Å². The number of alkyl carbamates (subject to hydrolysis) is 1. The third-order valence-electron chi connectivity index (χ3n) is 7.02. The van der Waals surface area contributed by atoms with Gasteiger partial charge in [0.2, 0.25) is 11.8 Å². The first-order chi connectivity index (χ1) is 17.0. The van der Waals surface area contributed by atoms with Crippen molar-refractivity contribution in [2.45, 2.75) is 51.4 Å². The van der Waals surface area contributed by atoms with Crippen LogP contribution in [0.3, 0.4) is 0 Å². The summed E-state index contributed by atoms with van der Waals surface area (Å²) in [5.41, 5.74) is 3.84. The van der Waals surface area contributed by atoms with Gasteiger partial charge in [0.1, 0.15) is 12.6 Å². The number of piperidine rings is 1. The van der Waals surface area contributed by atoms with Crippen LogP contribution in [0, 0.1) is 0 Å². The standard InChI is InChI=1S/C26H29N5O4/c1-17(32)30-11-9-20(10-12-30)31-15-22-19(7-8-23-21(22)14-27-29-23)13-24(25(31)33)28-26(34)35-16-18-5-3-2-4-6-18/h2-8,14,20,24H,9-13,15-16H2,1H3,(H,27,29)(H,28,34)/t24-/m1/s1. The molecule has 1 fully saturated rings. The van der Waals surface area contributed by atoms with E-state index in [2.05, 4.69) is 15.5 Å². The molecular weight excluding hydrogens is 446 g/mol. The monoisotopic (exact) mass is 475 g/mol. The van der Waals surface area contributed by atoms with E-state index in [4.69, 9.17) is 4.74 Å². The van der Waals surface area contributed by atoms with Crippen molar-refractivity contribution < 1.29 is 19.1 Å². The van der Waals surface area contributed by atoms with Gasteiger partial charge in [-0.25, -0.2) is 4.79 Å². The van der Waals surface area contributed by atoms with Crippen molar-refractivity contribution in [3.05, 3.63) is 65.4 Å². The molecule has 0 bridgehead atoms. The predicted molar refractivity (Wildman–Crippen MR) is 129 cm³/mol. The highest BCUT2D eigenvalue weighted by molar-refractivity contribution is 5.89. The second-order valence-corrected chi connectivity index (χ2v) is 9.20. The molecule has 2 N–H and O–H groups in total. The van der Waals surface area contributed by atoms with Gasteiger partial charge in [-0.05, 0) is 35.6 Å². The first-order valence-corrected chi connectivity index (χ1v) is 12.0. The van der Waals surface area contributed by atoms with Crippen molar-refractivity contribution in [3.63, 3.8) is 0 Å². The SMILES string of the molecule is CC(=O)N1CCC(N2Cc3c(ccc4[nH]ncc34)C[C@@H](NC(=O)OCc3ccccc3)C2=O)CC1. The maximum Gasteiger partial charge on any atom is 0.408 e. The number of hydrogen-bond acceptors (Lipinski definition) is 5. The molecule has 35 heavy (non-hydrogen) atoms. The molecule has 0 radical (unpaired) electrons. The number of aromatic nitrogens is 2. The largest absolute Gasteiger partial charge is 0.445 e. The number of benzene rings is 2. The first kappa shape index (κ1) is 22.9. The maximum atomic E-state index is 13.8. The lowest BCUT2D eigenvalue weighted by Gasteiger charge is -2.39. The Balaban J connectivity index is 1.38. The molecular formula is C26H29N5O4. The highest BCUT2D eigenvalue weighted by Gasteiger charge is 2.37. The van der Waals surface area contributed by atoms with Crippen LogP contribution in [0.15, 0.2) is 48.7 Å². The molecule has 2 aromatic carbocycles. The van der Waals surface area contributed by atoms with Crippen molar-refractivity contribution in [1.82, 2.24) is 25.3 Å². The minimum atomic E-state index is -0.741. The zero-order valence-corrected chi connectivity index (χ0v) is 19.7. The molecule has 1 atom stereocenters. The topological polar surface area (TPSA) is 108 Å². The third-order valence-corrected chi connectivity index (χ3v) is 7.02. The van der Waals surface area contributed by atoms with E-state index < -0.39 is 12.1 Å². The summed E-state index contributed by atoms with van der Waals surface area (Å²) in [6.07, 6.45) is 2.95. The lowest BCUT2D eigenvalue weighted by Crippen LogP contribution is -2.53.